The smallest absolute Gasteiger partial charge is 0.339 e. The van der Waals surface area contributed by atoms with Crippen molar-refractivity contribution >= 4 is 11.6 Å². The first-order valence-corrected chi connectivity index (χ1v) is 11.2. The van der Waals surface area contributed by atoms with E-state index in [1.54, 1.807) is 28.5 Å². The van der Waals surface area contributed by atoms with Crippen LogP contribution < -0.4 is 5.69 Å². The van der Waals surface area contributed by atoms with E-state index >= 15 is 0 Å². The maximum absolute atomic E-state index is 13.1. The summed E-state index contributed by atoms with van der Waals surface area (Å²) in [5, 5.41) is 15.9. The van der Waals surface area contributed by atoms with Crippen molar-refractivity contribution in [2.45, 2.75) is 45.7 Å². The Bertz CT molecular complexity index is 1220. The molecule has 2 heterocycles. The summed E-state index contributed by atoms with van der Waals surface area (Å²) in [5.74, 6) is 0.638. The lowest BCUT2D eigenvalue weighted by Crippen LogP contribution is -2.39. The number of nitrogens with zero attached hydrogens (tertiary/aromatic N) is 5. The summed E-state index contributed by atoms with van der Waals surface area (Å²) in [6, 6.07) is 14.3. The molecule has 3 aromatic rings. The number of aromatic nitrogens is 3. The number of rotatable bonds is 6. The fourth-order valence-corrected chi connectivity index (χ4v) is 4.48. The van der Waals surface area contributed by atoms with E-state index in [0.717, 1.165) is 11.4 Å². The minimum atomic E-state index is -0.464. The maximum atomic E-state index is 13.1. The molecule has 1 aromatic heterocycles. The molecule has 1 aliphatic rings. The van der Waals surface area contributed by atoms with Crippen LogP contribution in [0.4, 0.5) is 5.69 Å². The number of carbonyl (C=O) groups is 1. The normalized spacial score (nSPS) is 14.4. The Hall–Kier alpha value is -3.75. The molecule has 1 saturated heterocycles. The van der Waals surface area contributed by atoms with E-state index in [4.69, 9.17) is 0 Å². The first kappa shape index (κ1) is 22.4. The van der Waals surface area contributed by atoms with E-state index in [-0.39, 0.29) is 23.2 Å². The molecule has 0 atom stereocenters. The summed E-state index contributed by atoms with van der Waals surface area (Å²) in [6.07, 6.45) is 1.36. The molecule has 0 aliphatic carbocycles. The molecule has 33 heavy (non-hydrogen) atoms. The number of carbonyl (C=O) groups excluding carboxylic acids is 1. The number of nitro groups is 1. The van der Waals surface area contributed by atoms with Gasteiger partial charge in [0, 0.05) is 42.7 Å². The second-order valence-corrected chi connectivity index (χ2v) is 8.30. The number of likely N-dealkylation sites (tertiary alicyclic amines) is 1. The second kappa shape index (κ2) is 9.40. The molecule has 0 bridgehead atoms. The van der Waals surface area contributed by atoms with Crippen LogP contribution in [0, 0.1) is 17.0 Å². The second-order valence-electron chi connectivity index (χ2n) is 8.30. The van der Waals surface area contributed by atoms with Crippen LogP contribution in [0.25, 0.3) is 0 Å². The lowest BCUT2D eigenvalue weighted by molar-refractivity contribution is -0.385. The molecule has 4 rings (SSSR count). The molecule has 0 radical (unpaired) electrons. The lowest BCUT2D eigenvalue weighted by atomic mass is 9.95. The van der Waals surface area contributed by atoms with Crippen LogP contribution in [0.2, 0.25) is 0 Å². The third kappa shape index (κ3) is 4.44. The average Bonchev–Trinajstić information content (AvgIpc) is 3.14. The topological polar surface area (TPSA) is 103 Å². The van der Waals surface area contributed by atoms with Crippen molar-refractivity contribution in [3.8, 4) is 0 Å². The molecular weight excluding hydrogens is 422 g/mol. The average molecular weight is 450 g/mol. The van der Waals surface area contributed by atoms with Crippen molar-refractivity contribution in [2.24, 2.45) is 0 Å². The highest BCUT2D eigenvalue weighted by molar-refractivity contribution is 5.96. The summed E-state index contributed by atoms with van der Waals surface area (Å²) in [6.45, 7) is 5.52. The van der Waals surface area contributed by atoms with E-state index in [9.17, 15) is 19.7 Å². The van der Waals surface area contributed by atoms with E-state index in [0.29, 0.717) is 50.1 Å². The van der Waals surface area contributed by atoms with Gasteiger partial charge >= 0.3 is 5.69 Å². The zero-order valence-electron chi connectivity index (χ0n) is 18.8. The van der Waals surface area contributed by atoms with Crippen molar-refractivity contribution < 1.29 is 9.72 Å². The Kier molecular flexibility index (Phi) is 6.39. The van der Waals surface area contributed by atoms with Gasteiger partial charge in [-0.15, -0.1) is 0 Å². The van der Waals surface area contributed by atoms with Gasteiger partial charge in [0.05, 0.1) is 11.5 Å². The van der Waals surface area contributed by atoms with Gasteiger partial charge in [0.15, 0.2) is 0 Å². The molecule has 2 aromatic carbocycles. The Morgan fingerprint density at radius 2 is 1.82 bits per heavy atom. The molecule has 1 amide bonds. The third-order valence-electron chi connectivity index (χ3n) is 6.32. The van der Waals surface area contributed by atoms with Crippen LogP contribution in [0.3, 0.4) is 0 Å². The van der Waals surface area contributed by atoms with E-state index in [1.165, 1.54) is 10.7 Å². The van der Waals surface area contributed by atoms with Crippen molar-refractivity contribution in [1.82, 2.24) is 19.2 Å². The first-order valence-electron chi connectivity index (χ1n) is 11.2. The van der Waals surface area contributed by atoms with E-state index < -0.39 is 4.92 Å². The van der Waals surface area contributed by atoms with Crippen molar-refractivity contribution in [2.75, 3.05) is 13.1 Å². The van der Waals surface area contributed by atoms with Gasteiger partial charge in [-0.3, -0.25) is 19.5 Å². The zero-order chi connectivity index (χ0) is 23.5. The van der Waals surface area contributed by atoms with Crippen molar-refractivity contribution in [3.63, 3.8) is 0 Å². The molecule has 0 spiro atoms. The number of hydrogen-bond acceptors (Lipinski definition) is 5. The Balaban J connectivity index is 1.50. The van der Waals surface area contributed by atoms with Crippen LogP contribution in [-0.4, -0.2) is 43.2 Å². The van der Waals surface area contributed by atoms with Gasteiger partial charge in [-0.25, -0.2) is 9.48 Å². The molecule has 0 saturated carbocycles. The number of nitro benzene ring substituents is 1. The van der Waals surface area contributed by atoms with Crippen LogP contribution in [0.15, 0.2) is 53.3 Å². The largest absolute Gasteiger partial charge is 0.346 e. The van der Waals surface area contributed by atoms with Crippen molar-refractivity contribution in [1.29, 1.82) is 0 Å². The lowest BCUT2D eigenvalue weighted by Gasteiger charge is -2.32. The number of hydrogen-bond donors (Lipinski definition) is 0. The molecule has 1 aliphatic heterocycles. The van der Waals surface area contributed by atoms with Gasteiger partial charge < -0.3 is 4.90 Å². The molecule has 0 unspecified atom stereocenters. The summed E-state index contributed by atoms with van der Waals surface area (Å²) in [5.41, 5.74) is 1.59. The molecule has 0 N–H and O–H groups in total. The monoisotopic (exact) mass is 449 g/mol. The standard InChI is InChI=1S/C24H27N5O4/c1-3-27-22(25-28(24(27)31)16-18-8-5-4-6-9-18)19-12-14-26(15-13-19)23(30)20-10-7-11-21(17(20)2)29(32)33/h4-11,19H,3,12-16H2,1-2H3. The van der Waals surface area contributed by atoms with Crippen LogP contribution >= 0.6 is 0 Å². The fourth-order valence-electron chi connectivity index (χ4n) is 4.48. The summed E-state index contributed by atoms with van der Waals surface area (Å²) in [7, 11) is 0. The van der Waals surface area contributed by atoms with Gasteiger partial charge in [-0.05, 0) is 38.3 Å². The Morgan fingerprint density at radius 3 is 2.45 bits per heavy atom. The third-order valence-corrected chi connectivity index (χ3v) is 6.32. The van der Waals surface area contributed by atoms with E-state index in [2.05, 4.69) is 5.10 Å². The Morgan fingerprint density at radius 1 is 1.12 bits per heavy atom. The molecule has 9 heteroatoms. The minimum Gasteiger partial charge on any atom is -0.339 e. The Labute approximate surface area is 191 Å². The SMILES string of the molecule is CCn1c(C2CCN(C(=O)c3cccc([N+](=O)[O-])c3C)CC2)nn(Cc2ccccc2)c1=O. The number of amides is 1. The van der Waals surface area contributed by atoms with Crippen LogP contribution in [-0.2, 0) is 13.1 Å². The van der Waals surface area contributed by atoms with Gasteiger partial charge in [-0.1, -0.05) is 36.4 Å². The summed E-state index contributed by atoms with van der Waals surface area (Å²) in [4.78, 5) is 38.4. The zero-order valence-corrected chi connectivity index (χ0v) is 18.8. The molecule has 9 nitrogen and oxygen atoms in total. The molecule has 172 valence electrons. The summed E-state index contributed by atoms with van der Waals surface area (Å²) >= 11 is 0. The van der Waals surface area contributed by atoms with Gasteiger partial charge in [0.2, 0.25) is 0 Å². The maximum Gasteiger partial charge on any atom is 0.346 e. The number of benzene rings is 2. The van der Waals surface area contributed by atoms with Crippen molar-refractivity contribution in [3.05, 3.63) is 91.6 Å². The van der Waals surface area contributed by atoms with Gasteiger partial charge in [-0.2, -0.15) is 5.10 Å². The van der Waals surface area contributed by atoms with Gasteiger partial charge in [0.25, 0.3) is 11.6 Å². The quantitative estimate of drug-likeness (QED) is 0.424. The highest BCUT2D eigenvalue weighted by Crippen LogP contribution is 2.29. The minimum absolute atomic E-state index is 0.0494. The van der Waals surface area contributed by atoms with E-state index in [1.807, 2.05) is 37.3 Å². The molecular formula is C24H27N5O4. The van der Waals surface area contributed by atoms with Crippen LogP contribution in [0.1, 0.15) is 53.0 Å². The number of piperidine rings is 1. The predicted octanol–water partition coefficient (Wildman–Crippen LogP) is 3.35. The fraction of sp³-hybridized carbons (Fsp3) is 0.375. The molecule has 1 fully saturated rings. The predicted molar refractivity (Wildman–Crippen MR) is 123 cm³/mol. The first-order chi connectivity index (χ1) is 15.9. The summed E-state index contributed by atoms with van der Waals surface area (Å²) < 4.78 is 3.23. The van der Waals surface area contributed by atoms with Crippen LogP contribution in [0.5, 0.6) is 0 Å². The highest BCUT2D eigenvalue weighted by Gasteiger charge is 2.30. The van der Waals surface area contributed by atoms with Gasteiger partial charge in [0.1, 0.15) is 5.82 Å². The highest BCUT2D eigenvalue weighted by atomic mass is 16.6.